The summed E-state index contributed by atoms with van der Waals surface area (Å²) < 4.78 is 5.33. The summed E-state index contributed by atoms with van der Waals surface area (Å²) in [5.74, 6) is -1.74. The molecule has 230 valence electrons. The Labute approximate surface area is 252 Å². The van der Waals surface area contributed by atoms with Crippen LogP contribution in [0.3, 0.4) is 0 Å². The molecule has 2 aliphatic heterocycles. The largest absolute Gasteiger partial charge is 0.445 e. The monoisotopic (exact) mass is 591 g/mol. The molecule has 11 nitrogen and oxygen atoms in total. The summed E-state index contributed by atoms with van der Waals surface area (Å²) in [5, 5.41) is 6.62. The van der Waals surface area contributed by atoms with Gasteiger partial charge in [-0.15, -0.1) is 0 Å². The van der Waals surface area contributed by atoms with Gasteiger partial charge in [0.25, 0.3) is 5.91 Å². The molecule has 2 aromatic rings. The quantitative estimate of drug-likeness (QED) is 0.412. The Balaban J connectivity index is 1.35. The van der Waals surface area contributed by atoms with Gasteiger partial charge < -0.3 is 20.3 Å². The fraction of sp³-hybridized carbons (Fsp3) is 0.469. The average Bonchev–Trinajstić information content (AvgIpc) is 3.68. The van der Waals surface area contributed by atoms with Crippen molar-refractivity contribution in [1.82, 2.24) is 20.6 Å². The van der Waals surface area contributed by atoms with Crippen LogP contribution in [0.25, 0.3) is 0 Å². The van der Waals surface area contributed by atoms with E-state index in [1.165, 1.54) is 11.2 Å². The van der Waals surface area contributed by atoms with E-state index >= 15 is 0 Å². The van der Waals surface area contributed by atoms with Gasteiger partial charge in [0.2, 0.25) is 11.8 Å². The standard InChI is InChI=1S/C32H41N5O6/c1-21(2)27(35-32(41)42-19-24-14-9-6-10-15-24)30(39)36-17-11-16-25(36)29(38)34-28(22(3)4)31(40)37-20-33-26(43-37)18-23-12-7-5-8-13-23/h5-10,12-15,20-22,25-28H,11,16-19H2,1-4H3,(H,34,38)(H,35,41)/t25-,26?,27-,28?/m0/s1. The molecule has 0 saturated carbocycles. The van der Waals surface area contributed by atoms with Gasteiger partial charge in [-0.3, -0.25) is 14.4 Å². The molecule has 1 fully saturated rings. The smallest absolute Gasteiger partial charge is 0.408 e. The first-order valence-electron chi connectivity index (χ1n) is 14.8. The van der Waals surface area contributed by atoms with Gasteiger partial charge in [0, 0.05) is 13.0 Å². The first-order valence-corrected chi connectivity index (χ1v) is 14.8. The molecular formula is C32H41N5O6. The number of amides is 4. The highest BCUT2D eigenvalue weighted by Gasteiger charge is 2.41. The van der Waals surface area contributed by atoms with Gasteiger partial charge in [-0.25, -0.2) is 14.6 Å². The molecule has 2 heterocycles. The molecule has 0 spiro atoms. The molecule has 0 aliphatic carbocycles. The van der Waals surface area contributed by atoms with Crippen molar-refractivity contribution in [1.29, 1.82) is 0 Å². The maximum atomic E-state index is 13.6. The third-order valence-corrected chi connectivity index (χ3v) is 7.53. The topological polar surface area (TPSA) is 130 Å². The van der Waals surface area contributed by atoms with E-state index in [0.29, 0.717) is 25.8 Å². The summed E-state index contributed by atoms with van der Waals surface area (Å²) in [4.78, 5) is 64.6. The Morgan fingerprint density at radius 3 is 2.12 bits per heavy atom. The molecule has 0 radical (unpaired) electrons. The molecule has 0 aromatic heterocycles. The van der Waals surface area contributed by atoms with Crippen LogP contribution in [0.5, 0.6) is 0 Å². The zero-order chi connectivity index (χ0) is 30.9. The number of likely N-dealkylation sites (tertiary alicyclic amines) is 1. The van der Waals surface area contributed by atoms with Crippen LogP contribution in [0, 0.1) is 11.8 Å². The molecule has 11 heteroatoms. The van der Waals surface area contributed by atoms with Crippen LogP contribution in [-0.4, -0.2) is 71.0 Å². The van der Waals surface area contributed by atoms with Gasteiger partial charge in [0.1, 0.15) is 31.1 Å². The van der Waals surface area contributed by atoms with Gasteiger partial charge in [-0.1, -0.05) is 88.4 Å². The van der Waals surface area contributed by atoms with Crippen LogP contribution in [0.4, 0.5) is 4.79 Å². The number of aliphatic imine (C=N–C) groups is 1. The molecule has 2 aromatic carbocycles. The van der Waals surface area contributed by atoms with Crippen molar-refractivity contribution in [3.63, 3.8) is 0 Å². The molecule has 4 atom stereocenters. The third-order valence-electron chi connectivity index (χ3n) is 7.53. The molecule has 4 rings (SSSR count). The fourth-order valence-corrected chi connectivity index (χ4v) is 5.12. The van der Waals surface area contributed by atoms with E-state index in [9.17, 15) is 19.2 Å². The van der Waals surface area contributed by atoms with Gasteiger partial charge in [0.15, 0.2) is 6.23 Å². The van der Waals surface area contributed by atoms with Crippen LogP contribution in [0.2, 0.25) is 0 Å². The van der Waals surface area contributed by atoms with Crippen molar-refractivity contribution in [3.8, 4) is 0 Å². The highest BCUT2D eigenvalue weighted by Crippen LogP contribution is 2.22. The van der Waals surface area contributed by atoms with Crippen molar-refractivity contribution < 1.29 is 28.8 Å². The Bertz CT molecular complexity index is 1290. The Kier molecular flexibility index (Phi) is 10.9. The lowest BCUT2D eigenvalue weighted by atomic mass is 10.0. The lowest BCUT2D eigenvalue weighted by Gasteiger charge is -2.32. The second kappa shape index (κ2) is 14.8. The van der Waals surface area contributed by atoms with E-state index in [4.69, 9.17) is 9.57 Å². The van der Waals surface area contributed by atoms with Crippen LogP contribution in [0.15, 0.2) is 65.7 Å². The summed E-state index contributed by atoms with van der Waals surface area (Å²) in [5.41, 5.74) is 1.85. The zero-order valence-corrected chi connectivity index (χ0v) is 25.1. The third kappa shape index (κ3) is 8.41. The summed E-state index contributed by atoms with van der Waals surface area (Å²) in [6.07, 6.45) is 1.66. The Morgan fingerprint density at radius 1 is 0.884 bits per heavy atom. The predicted octanol–water partition coefficient (Wildman–Crippen LogP) is 3.44. The van der Waals surface area contributed by atoms with Crippen molar-refractivity contribution in [3.05, 3.63) is 71.8 Å². The number of nitrogens with zero attached hydrogens (tertiary/aromatic N) is 3. The summed E-state index contributed by atoms with van der Waals surface area (Å²) >= 11 is 0. The Hall–Kier alpha value is -4.25. The minimum Gasteiger partial charge on any atom is -0.445 e. The van der Waals surface area contributed by atoms with Crippen molar-refractivity contribution in [2.75, 3.05) is 6.54 Å². The number of hydroxylamine groups is 2. The highest BCUT2D eigenvalue weighted by molar-refractivity contribution is 5.96. The SMILES string of the molecule is CC(C)C(NC(=O)[C@@H]1CCCN1C(=O)[C@@H](NC(=O)OCc1ccccc1)C(C)C)C(=O)N1C=NC(Cc2ccccc2)O1. The summed E-state index contributed by atoms with van der Waals surface area (Å²) in [6, 6.07) is 16.4. The highest BCUT2D eigenvalue weighted by atomic mass is 16.7. The van der Waals surface area contributed by atoms with Crippen LogP contribution in [-0.2, 0) is 37.0 Å². The van der Waals surface area contributed by atoms with Crippen molar-refractivity contribution >= 4 is 30.2 Å². The number of rotatable bonds is 11. The first-order chi connectivity index (χ1) is 20.6. The van der Waals surface area contributed by atoms with Crippen LogP contribution < -0.4 is 10.6 Å². The number of alkyl carbamates (subject to hydrolysis) is 1. The van der Waals surface area contributed by atoms with Crippen LogP contribution in [0.1, 0.15) is 51.7 Å². The second-order valence-corrected chi connectivity index (χ2v) is 11.5. The van der Waals surface area contributed by atoms with Crippen molar-refractivity contribution in [2.45, 2.75) is 77.9 Å². The van der Waals surface area contributed by atoms with E-state index < -0.39 is 42.3 Å². The van der Waals surface area contributed by atoms with E-state index in [2.05, 4.69) is 15.6 Å². The Morgan fingerprint density at radius 2 is 1.49 bits per heavy atom. The van der Waals surface area contributed by atoms with E-state index in [1.54, 1.807) is 0 Å². The van der Waals surface area contributed by atoms with Crippen molar-refractivity contribution in [2.24, 2.45) is 16.8 Å². The van der Waals surface area contributed by atoms with Gasteiger partial charge in [0.05, 0.1) is 0 Å². The lowest BCUT2D eigenvalue weighted by Crippen LogP contribution is -2.58. The lowest BCUT2D eigenvalue weighted by molar-refractivity contribution is -0.171. The minimum atomic E-state index is -0.890. The first kappa shape index (κ1) is 31.7. The molecule has 2 unspecified atom stereocenters. The average molecular weight is 592 g/mol. The second-order valence-electron chi connectivity index (χ2n) is 11.5. The summed E-state index contributed by atoms with van der Waals surface area (Å²) in [7, 11) is 0. The molecular weight excluding hydrogens is 550 g/mol. The zero-order valence-electron chi connectivity index (χ0n) is 25.1. The number of nitrogens with one attached hydrogen (secondary N) is 2. The van der Waals surface area contributed by atoms with E-state index in [0.717, 1.165) is 16.2 Å². The number of ether oxygens (including phenoxy) is 1. The number of benzene rings is 2. The number of hydrogen-bond acceptors (Lipinski definition) is 7. The van der Waals surface area contributed by atoms with Crippen LogP contribution >= 0.6 is 0 Å². The molecule has 2 N–H and O–H groups in total. The van der Waals surface area contributed by atoms with Gasteiger partial charge in [-0.05, 0) is 35.8 Å². The number of carbonyl (C=O) groups is 4. The fourth-order valence-electron chi connectivity index (χ4n) is 5.12. The molecule has 1 saturated heterocycles. The molecule has 0 bridgehead atoms. The van der Waals surface area contributed by atoms with Gasteiger partial charge >= 0.3 is 6.09 Å². The molecule has 4 amide bonds. The maximum absolute atomic E-state index is 13.6. The maximum Gasteiger partial charge on any atom is 0.408 e. The molecule has 43 heavy (non-hydrogen) atoms. The normalized spacial score (nSPS) is 19.4. The number of hydrogen-bond donors (Lipinski definition) is 2. The summed E-state index contributed by atoms with van der Waals surface area (Å²) in [6.45, 7) is 7.74. The van der Waals surface area contributed by atoms with E-state index in [-0.39, 0.29) is 24.3 Å². The molecule has 2 aliphatic rings. The van der Waals surface area contributed by atoms with E-state index in [1.807, 2.05) is 88.4 Å². The van der Waals surface area contributed by atoms with Gasteiger partial charge in [-0.2, -0.15) is 5.06 Å². The minimum absolute atomic E-state index is 0.0729. The predicted molar refractivity (Wildman–Crippen MR) is 160 cm³/mol. The number of carbonyl (C=O) groups excluding carboxylic acids is 4.